The molecule has 2 heterocycles. The van der Waals surface area contributed by atoms with Gasteiger partial charge in [-0.2, -0.15) is 11.8 Å². The van der Waals surface area contributed by atoms with E-state index in [9.17, 15) is 19.5 Å². The lowest BCUT2D eigenvalue weighted by molar-refractivity contribution is -0.141. The quantitative estimate of drug-likeness (QED) is 0.332. The normalized spacial score (nSPS) is 14.0. The molecular formula is C28H27NO6S. The van der Waals surface area contributed by atoms with Gasteiger partial charge in [-0.1, -0.05) is 30.3 Å². The van der Waals surface area contributed by atoms with Crippen LogP contribution in [0.1, 0.15) is 40.9 Å². The maximum absolute atomic E-state index is 12.8. The molecule has 0 saturated carbocycles. The predicted molar refractivity (Wildman–Crippen MR) is 140 cm³/mol. The average Bonchev–Trinajstić information content (AvgIpc) is 3.23. The molecule has 0 unspecified atom stereocenters. The number of nitrogens with one attached hydrogen (secondary N) is 1. The summed E-state index contributed by atoms with van der Waals surface area (Å²) in [6.07, 6.45) is 3.82. The molecule has 36 heavy (non-hydrogen) atoms. The van der Waals surface area contributed by atoms with Crippen LogP contribution in [0.25, 0.3) is 21.9 Å². The van der Waals surface area contributed by atoms with E-state index < -0.39 is 23.5 Å². The largest absolute Gasteiger partial charge is 0.480 e. The number of carbonyl (C=O) groups excluding carboxylic acids is 1. The minimum atomic E-state index is -1.11. The molecule has 186 valence electrons. The van der Waals surface area contributed by atoms with E-state index in [0.717, 1.165) is 47.8 Å². The zero-order valence-electron chi connectivity index (χ0n) is 20.0. The van der Waals surface area contributed by atoms with Gasteiger partial charge in [0.15, 0.2) is 0 Å². The molecule has 1 aliphatic carbocycles. The minimum Gasteiger partial charge on any atom is -0.480 e. The second kappa shape index (κ2) is 10.2. The summed E-state index contributed by atoms with van der Waals surface area (Å²) in [4.78, 5) is 37.3. The Hall–Kier alpha value is -3.52. The van der Waals surface area contributed by atoms with Crippen molar-refractivity contribution < 1.29 is 23.5 Å². The molecule has 2 aromatic carbocycles. The topological polar surface area (TPSA) is 110 Å². The smallest absolute Gasteiger partial charge is 0.340 e. The van der Waals surface area contributed by atoms with E-state index in [-0.39, 0.29) is 17.7 Å². The minimum absolute atomic E-state index is 0.213. The summed E-state index contributed by atoms with van der Waals surface area (Å²) in [5.74, 6) is 0.207. The van der Waals surface area contributed by atoms with Crippen molar-refractivity contribution in [2.45, 2.75) is 50.8 Å². The number of thioether (sulfide) groups is 1. The van der Waals surface area contributed by atoms with Crippen molar-refractivity contribution >= 4 is 45.6 Å². The summed E-state index contributed by atoms with van der Waals surface area (Å²) < 4.78 is 11.6. The molecule has 5 rings (SSSR count). The summed E-state index contributed by atoms with van der Waals surface area (Å²) in [7, 11) is 0. The Bertz CT molecular complexity index is 1500. The molecule has 0 saturated heterocycles. The second-order valence-electron chi connectivity index (χ2n) is 9.18. The van der Waals surface area contributed by atoms with Crippen molar-refractivity contribution in [1.82, 2.24) is 5.32 Å². The number of fused-ring (bicyclic) bond motifs is 4. The van der Waals surface area contributed by atoms with Gasteiger partial charge in [0, 0.05) is 40.3 Å². The van der Waals surface area contributed by atoms with Gasteiger partial charge in [-0.3, -0.25) is 4.79 Å². The number of aryl methyl sites for hydroxylation is 3. The second-order valence-corrected chi connectivity index (χ2v) is 10.2. The number of furan rings is 1. The van der Waals surface area contributed by atoms with Gasteiger partial charge < -0.3 is 19.3 Å². The molecular weight excluding hydrogens is 478 g/mol. The molecule has 0 spiro atoms. The molecule has 0 bridgehead atoms. The van der Waals surface area contributed by atoms with Crippen LogP contribution in [0.15, 0.2) is 56.1 Å². The van der Waals surface area contributed by atoms with Gasteiger partial charge in [-0.05, 0) is 43.4 Å². The molecule has 2 N–H and O–H groups in total. The summed E-state index contributed by atoms with van der Waals surface area (Å²) >= 11 is 1.43. The lowest BCUT2D eigenvalue weighted by atomic mass is 9.94. The summed E-state index contributed by atoms with van der Waals surface area (Å²) in [5, 5.41) is 13.9. The van der Waals surface area contributed by atoms with E-state index in [4.69, 9.17) is 8.83 Å². The number of hydrogen-bond donors (Lipinski definition) is 2. The maximum Gasteiger partial charge on any atom is 0.340 e. The molecule has 4 aromatic rings. The number of carbonyl (C=O) groups is 2. The van der Waals surface area contributed by atoms with Gasteiger partial charge in [0.1, 0.15) is 23.0 Å². The van der Waals surface area contributed by atoms with Crippen LogP contribution < -0.4 is 10.9 Å². The molecule has 0 radical (unpaired) electrons. The Kier molecular flexibility index (Phi) is 6.87. The third kappa shape index (κ3) is 4.91. The fourth-order valence-electron chi connectivity index (χ4n) is 4.80. The Morgan fingerprint density at radius 1 is 1.06 bits per heavy atom. The van der Waals surface area contributed by atoms with Crippen LogP contribution in [-0.2, 0) is 34.6 Å². The fourth-order valence-corrected chi connectivity index (χ4v) is 5.81. The fraction of sp³-hybridized carbons (Fsp3) is 0.321. The molecule has 1 atom stereocenters. The van der Waals surface area contributed by atoms with Crippen LogP contribution in [0.5, 0.6) is 0 Å². The van der Waals surface area contributed by atoms with E-state index >= 15 is 0 Å². The average molecular weight is 506 g/mol. The molecule has 7 nitrogen and oxygen atoms in total. The van der Waals surface area contributed by atoms with Gasteiger partial charge in [0.05, 0.1) is 12.0 Å². The van der Waals surface area contributed by atoms with E-state index in [1.807, 2.05) is 36.4 Å². The van der Waals surface area contributed by atoms with E-state index in [1.54, 1.807) is 13.0 Å². The lowest BCUT2D eigenvalue weighted by Gasteiger charge is -2.15. The highest BCUT2D eigenvalue weighted by atomic mass is 32.2. The maximum atomic E-state index is 12.8. The first-order chi connectivity index (χ1) is 17.4. The first-order valence-corrected chi connectivity index (χ1v) is 13.2. The Morgan fingerprint density at radius 3 is 2.58 bits per heavy atom. The third-order valence-corrected chi connectivity index (χ3v) is 7.84. The zero-order valence-corrected chi connectivity index (χ0v) is 20.8. The summed E-state index contributed by atoms with van der Waals surface area (Å²) in [6.45, 7) is 1.80. The SMILES string of the molecule is Cc1c(CC(=O)N[C@H](CSCc2ccccc2)C(=O)O)c(=O)oc2cc3oc4c(c3cc12)CCCC4. The van der Waals surface area contributed by atoms with Crippen LogP contribution in [0.3, 0.4) is 0 Å². The van der Waals surface area contributed by atoms with Crippen LogP contribution in [0.2, 0.25) is 0 Å². The summed E-state index contributed by atoms with van der Waals surface area (Å²) in [5.41, 5.74) is 3.71. The number of rotatable bonds is 8. The Balaban J connectivity index is 1.34. The molecule has 2 aromatic heterocycles. The molecule has 1 aliphatic rings. The predicted octanol–water partition coefficient (Wildman–Crippen LogP) is 4.77. The highest BCUT2D eigenvalue weighted by molar-refractivity contribution is 7.98. The summed E-state index contributed by atoms with van der Waals surface area (Å²) in [6, 6.07) is 12.4. The van der Waals surface area contributed by atoms with Gasteiger partial charge in [0.25, 0.3) is 0 Å². The van der Waals surface area contributed by atoms with E-state index in [0.29, 0.717) is 22.5 Å². The molecule has 8 heteroatoms. The van der Waals surface area contributed by atoms with Gasteiger partial charge in [-0.25, -0.2) is 9.59 Å². The van der Waals surface area contributed by atoms with E-state index in [1.165, 1.54) is 17.3 Å². The Morgan fingerprint density at radius 2 is 1.81 bits per heavy atom. The molecule has 1 amide bonds. The number of aliphatic carboxylic acids is 1. The van der Waals surface area contributed by atoms with Crippen molar-refractivity contribution in [2.24, 2.45) is 0 Å². The number of benzene rings is 2. The molecule has 0 fully saturated rings. The zero-order chi connectivity index (χ0) is 25.2. The number of carboxylic acid groups (broad SMARTS) is 1. The standard InChI is InChI=1S/C28H27NO6S/c1-16-19-11-21-18-9-5-6-10-23(18)34-25(21)13-24(19)35-28(33)20(16)12-26(30)29-22(27(31)32)15-36-14-17-7-3-2-4-8-17/h2-4,7-8,11,13,22H,5-6,9-10,12,14-15H2,1H3,(H,29,30)(H,31,32)/t22-/m1/s1. The first-order valence-electron chi connectivity index (χ1n) is 12.0. The highest BCUT2D eigenvalue weighted by Crippen LogP contribution is 2.35. The van der Waals surface area contributed by atoms with Crippen LogP contribution >= 0.6 is 11.8 Å². The van der Waals surface area contributed by atoms with Crippen molar-refractivity contribution in [2.75, 3.05) is 5.75 Å². The van der Waals surface area contributed by atoms with Crippen molar-refractivity contribution in [1.29, 1.82) is 0 Å². The lowest BCUT2D eigenvalue weighted by Crippen LogP contribution is -2.43. The number of hydrogen-bond acceptors (Lipinski definition) is 6. The molecule has 0 aliphatic heterocycles. The van der Waals surface area contributed by atoms with Crippen molar-refractivity contribution in [3.63, 3.8) is 0 Å². The van der Waals surface area contributed by atoms with Gasteiger partial charge in [0.2, 0.25) is 5.91 Å². The highest BCUT2D eigenvalue weighted by Gasteiger charge is 2.24. The van der Waals surface area contributed by atoms with Gasteiger partial charge >= 0.3 is 11.6 Å². The van der Waals surface area contributed by atoms with E-state index in [2.05, 4.69) is 5.32 Å². The number of carboxylic acids is 1. The van der Waals surface area contributed by atoms with Gasteiger partial charge in [-0.15, -0.1) is 0 Å². The van der Waals surface area contributed by atoms with Crippen molar-refractivity contribution in [3.05, 3.63) is 80.9 Å². The monoisotopic (exact) mass is 505 g/mol. The van der Waals surface area contributed by atoms with Crippen LogP contribution in [-0.4, -0.2) is 28.8 Å². The van der Waals surface area contributed by atoms with Crippen molar-refractivity contribution in [3.8, 4) is 0 Å². The third-order valence-electron chi connectivity index (χ3n) is 6.73. The first kappa shape index (κ1) is 24.2. The number of amides is 1. The van der Waals surface area contributed by atoms with Crippen LogP contribution in [0, 0.1) is 6.92 Å². The van der Waals surface area contributed by atoms with Crippen LogP contribution in [0.4, 0.5) is 0 Å². The Labute approximate surface area is 211 Å².